The van der Waals surface area contributed by atoms with Crippen molar-refractivity contribution in [3.8, 4) is 0 Å². The maximum atomic E-state index is 8.48. The second kappa shape index (κ2) is 32.7. The topological polar surface area (TPSA) is 63.2 Å². The number of hydrogen-bond acceptors (Lipinski definition) is 3. The summed E-state index contributed by atoms with van der Waals surface area (Å²) in [5, 5.41) is 0. The molecule has 124 valence electrons. The van der Waals surface area contributed by atoms with Crippen LogP contribution in [0.4, 0.5) is 0 Å². The molecular formula is C16H34O3PSn+. The number of rotatable bonds is 10. The van der Waals surface area contributed by atoms with Crippen LogP contribution in [-0.4, -0.2) is 23.9 Å². The van der Waals surface area contributed by atoms with E-state index >= 15 is 0 Å². The van der Waals surface area contributed by atoms with Crippen LogP contribution in [0.15, 0.2) is 0 Å². The van der Waals surface area contributed by atoms with Crippen molar-refractivity contribution in [2.45, 2.75) is 90.9 Å². The van der Waals surface area contributed by atoms with E-state index in [1.165, 1.54) is 64.2 Å². The summed E-state index contributed by atoms with van der Waals surface area (Å²) < 4.78 is 8.48. The summed E-state index contributed by atoms with van der Waals surface area (Å²) in [6.45, 7) is 12.0. The third kappa shape index (κ3) is 63.0. The molecule has 0 aliphatic carbocycles. The molecule has 0 unspecified atom stereocenters. The van der Waals surface area contributed by atoms with E-state index in [4.69, 9.17) is 14.4 Å². The SMILES string of the molecule is O=[P+]([O-])[O-].[CH2]CCCCCCC.[CH2]CCCCCCC.[Sn+2]. The molecule has 0 aromatic rings. The predicted octanol–water partition coefficient (Wildman–Crippen LogP) is 4.35. The molecule has 4 radical (unpaired) electrons. The average Bonchev–Trinajstić information content (AvgIpc) is 2.40. The van der Waals surface area contributed by atoms with Crippen molar-refractivity contribution in [1.82, 2.24) is 0 Å². The minimum Gasteiger partial charge on any atom is -0.598 e. The summed E-state index contributed by atoms with van der Waals surface area (Å²) in [7, 11) is -3.37. The van der Waals surface area contributed by atoms with Gasteiger partial charge in [0, 0.05) is 0 Å². The van der Waals surface area contributed by atoms with Gasteiger partial charge < -0.3 is 9.79 Å². The predicted molar refractivity (Wildman–Crippen MR) is 90.8 cm³/mol. The molecule has 0 atom stereocenters. The molecule has 0 N–H and O–H groups in total. The number of hydrogen-bond donors (Lipinski definition) is 0. The van der Waals surface area contributed by atoms with Crippen LogP contribution < -0.4 is 9.79 Å². The van der Waals surface area contributed by atoms with Crippen molar-refractivity contribution in [2.24, 2.45) is 0 Å². The van der Waals surface area contributed by atoms with Crippen molar-refractivity contribution in [1.29, 1.82) is 0 Å². The van der Waals surface area contributed by atoms with Crippen LogP contribution >= 0.6 is 8.25 Å². The molecule has 0 spiro atoms. The van der Waals surface area contributed by atoms with E-state index in [1.807, 2.05) is 0 Å². The van der Waals surface area contributed by atoms with Crippen LogP contribution in [0.25, 0.3) is 0 Å². The molecule has 0 amide bonds. The Morgan fingerprint density at radius 2 is 0.952 bits per heavy atom. The Morgan fingerprint density at radius 3 is 1.14 bits per heavy atom. The molecule has 0 rings (SSSR count). The first-order chi connectivity index (χ1) is 9.56. The molecule has 0 fully saturated rings. The Kier molecular flexibility index (Phi) is 46.3. The van der Waals surface area contributed by atoms with E-state index in [0.717, 1.165) is 12.8 Å². The van der Waals surface area contributed by atoms with Gasteiger partial charge in [-0.2, -0.15) is 0 Å². The van der Waals surface area contributed by atoms with Gasteiger partial charge in [-0.3, -0.25) is 0 Å². The maximum absolute atomic E-state index is 8.48. The summed E-state index contributed by atoms with van der Waals surface area (Å²) in [5.74, 6) is 0. The van der Waals surface area contributed by atoms with E-state index in [9.17, 15) is 0 Å². The molecule has 5 heteroatoms. The maximum Gasteiger partial charge on any atom is 2.00 e. The normalized spacial score (nSPS) is 8.67. The second-order valence-corrected chi connectivity index (χ2v) is 5.21. The molecule has 0 aliphatic heterocycles. The smallest absolute Gasteiger partial charge is 0.598 e. The van der Waals surface area contributed by atoms with Crippen molar-refractivity contribution in [2.75, 3.05) is 0 Å². The third-order valence-electron chi connectivity index (χ3n) is 2.71. The van der Waals surface area contributed by atoms with Gasteiger partial charge in [-0.1, -0.05) is 109 Å². The van der Waals surface area contributed by atoms with Crippen LogP contribution in [-0.2, 0) is 4.57 Å². The first kappa shape index (κ1) is 29.8. The zero-order valence-electron chi connectivity index (χ0n) is 14.1. The van der Waals surface area contributed by atoms with E-state index in [1.54, 1.807) is 0 Å². The van der Waals surface area contributed by atoms with Gasteiger partial charge in [0.05, 0.1) is 0 Å². The Morgan fingerprint density at radius 1 is 0.714 bits per heavy atom. The van der Waals surface area contributed by atoms with Crippen LogP contribution in [0, 0.1) is 13.8 Å². The zero-order chi connectivity index (χ0) is 16.1. The summed E-state index contributed by atoms with van der Waals surface area (Å²) in [4.78, 5) is 17.0. The molecule has 3 nitrogen and oxygen atoms in total. The van der Waals surface area contributed by atoms with Crippen molar-refractivity contribution in [3.05, 3.63) is 13.8 Å². The van der Waals surface area contributed by atoms with Gasteiger partial charge in [0.1, 0.15) is 0 Å². The standard InChI is InChI=1S/2C8H17.HO3P.Sn/c2*1-3-5-7-8-6-4-2;1-4(2)3;/h2*1,3-8H2,2H3;(H,1,2,3);/q;;;+2/p-1. The molecule has 21 heavy (non-hydrogen) atoms. The minimum absolute atomic E-state index is 0. The molecule has 0 aromatic heterocycles. The largest absolute Gasteiger partial charge is 2.00 e. The van der Waals surface area contributed by atoms with Gasteiger partial charge in [0.25, 0.3) is 8.25 Å². The van der Waals surface area contributed by atoms with E-state index in [0.29, 0.717) is 0 Å². The Balaban J connectivity index is -0.000000107. The van der Waals surface area contributed by atoms with Crippen molar-refractivity contribution < 1.29 is 14.4 Å². The minimum atomic E-state index is -3.37. The first-order valence-corrected chi connectivity index (χ1v) is 9.06. The fourth-order valence-electron chi connectivity index (χ4n) is 1.56. The van der Waals surface area contributed by atoms with Gasteiger partial charge in [-0.05, 0) is 0 Å². The summed E-state index contributed by atoms with van der Waals surface area (Å²) in [6.07, 6.45) is 16.0. The molecule has 0 bridgehead atoms. The fraction of sp³-hybridized carbons (Fsp3) is 0.875. The molecule has 0 saturated heterocycles. The van der Waals surface area contributed by atoms with E-state index in [-0.39, 0.29) is 23.9 Å². The Labute approximate surface area is 151 Å². The molecule has 0 aliphatic rings. The van der Waals surface area contributed by atoms with Gasteiger partial charge in [-0.25, -0.2) is 0 Å². The van der Waals surface area contributed by atoms with Gasteiger partial charge >= 0.3 is 23.9 Å². The van der Waals surface area contributed by atoms with E-state index < -0.39 is 8.25 Å². The quantitative estimate of drug-likeness (QED) is 0.298. The zero-order valence-corrected chi connectivity index (χ0v) is 17.8. The van der Waals surface area contributed by atoms with Crippen molar-refractivity contribution >= 4 is 32.2 Å². The fourth-order valence-corrected chi connectivity index (χ4v) is 1.56. The van der Waals surface area contributed by atoms with Gasteiger partial charge in [-0.15, -0.1) is 0 Å². The molecular weight excluding hydrogens is 390 g/mol. The summed E-state index contributed by atoms with van der Waals surface area (Å²) in [5.41, 5.74) is 0. The van der Waals surface area contributed by atoms with E-state index in [2.05, 4.69) is 27.7 Å². The molecule has 0 heterocycles. The average molecular weight is 424 g/mol. The van der Waals surface area contributed by atoms with Crippen LogP contribution in [0.3, 0.4) is 0 Å². The Bertz CT molecular complexity index is 142. The first-order valence-electron chi connectivity index (χ1n) is 7.96. The second-order valence-electron chi connectivity index (χ2n) is 4.76. The summed E-state index contributed by atoms with van der Waals surface area (Å²) >= 11 is 0. The van der Waals surface area contributed by atoms with Crippen LogP contribution in [0.1, 0.15) is 90.9 Å². The van der Waals surface area contributed by atoms with Crippen molar-refractivity contribution in [3.63, 3.8) is 0 Å². The van der Waals surface area contributed by atoms with Gasteiger partial charge in [0.15, 0.2) is 0 Å². The van der Waals surface area contributed by atoms with Gasteiger partial charge in [0.2, 0.25) is 0 Å². The molecule has 0 aromatic carbocycles. The Hall–Kier alpha value is 0.819. The van der Waals surface area contributed by atoms with Crippen LogP contribution in [0.5, 0.6) is 0 Å². The third-order valence-corrected chi connectivity index (χ3v) is 2.71. The summed E-state index contributed by atoms with van der Waals surface area (Å²) in [6, 6.07) is 0. The molecule has 0 saturated carbocycles. The number of unbranched alkanes of at least 4 members (excludes halogenated alkanes) is 10. The monoisotopic (exact) mass is 425 g/mol. The van der Waals surface area contributed by atoms with Crippen LogP contribution in [0.2, 0.25) is 0 Å².